The highest BCUT2D eigenvalue weighted by atomic mass is 31.2. The Morgan fingerprint density at radius 2 is 0.788 bits per heavy atom. The normalized spacial score (nSPS) is 14.0. The summed E-state index contributed by atoms with van der Waals surface area (Å²) < 4.78 is 39.3. The van der Waals surface area contributed by atoms with Crippen molar-refractivity contribution in [1.82, 2.24) is 0 Å². The zero-order valence-electron chi connectivity index (χ0n) is 41.9. The molecule has 12 heteroatoms. The molecule has 0 amide bonds. The van der Waals surface area contributed by atoms with E-state index in [1.54, 1.807) is 0 Å². The lowest BCUT2D eigenvalue weighted by Crippen LogP contribution is -2.30. The molecule has 0 bridgehead atoms. The molecule has 0 aliphatic rings. The third kappa shape index (κ3) is 46.3. The SMILES string of the molecule is CC/C=C\C/C=C\C/C=C\CCCCCC(=O)OC(CO)COP(=O)(O)OCC(COC(=O)CCCCCCCCCCCCC)OC(=O)CCCCCCC/C=C\C/C=C\CCCCC. The number of hydrogen-bond donors (Lipinski definition) is 2. The second-order valence-electron chi connectivity index (χ2n) is 17.3. The van der Waals surface area contributed by atoms with Crippen molar-refractivity contribution in [3.63, 3.8) is 0 Å². The van der Waals surface area contributed by atoms with Crippen molar-refractivity contribution in [2.75, 3.05) is 26.4 Å². The Kier molecular flexibility index (Phi) is 46.6. The average molecular weight is 951 g/mol. The Balaban J connectivity index is 4.77. The van der Waals surface area contributed by atoms with Gasteiger partial charge in [-0.2, -0.15) is 0 Å². The third-order valence-corrected chi connectivity index (χ3v) is 11.9. The molecule has 382 valence electrons. The van der Waals surface area contributed by atoms with Gasteiger partial charge in [-0.1, -0.05) is 184 Å². The van der Waals surface area contributed by atoms with Crippen LogP contribution in [-0.4, -0.2) is 66.5 Å². The number of phosphoric ester groups is 1. The van der Waals surface area contributed by atoms with Gasteiger partial charge in [0.05, 0.1) is 19.8 Å². The molecule has 0 rings (SSSR count). The second kappa shape index (κ2) is 48.6. The summed E-state index contributed by atoms with van der Waals surface area (Å²) in [6.07, 6.45) is 50.5. The fourth-order valence-electron chi connectivity index (χ4n) is 6.93. The number of aliphatic hydroxyl groups is 1. The standard InChI is InChI=1S/C54H95O11P/c1-4-7-10-13-16-19-22-24-25-27-30-33-36-39-42-45-54(58)65-51(47-61-52(56)43-40-37-34-31-28-21-18-15-12-9-6-3)49-63-66(59,60)62-48-50(46-55)64-53(57)44-41-38-35-32-29-26-23-20-17-14-11-8-5-2/h8,11,16-17,19-20,24-26,29,50-51,55H,4-7,9-10,12-15,18,21-23,27-28,30-49H2,1-3H3,(H,59,60)/b11-8-,19-16-,20-17-,25-24-,29-26-. The number of carbonyl (C=O) groups excluding carboxylic acids is 3. The first kappa shape index (κ1) is 63.2. The van der Waals surface area contributed by atoms with Crippen LogP contribution in [0.3, 0.4) is 0 Å². The topological polar surface area (TPSA) is 155 Å². The number of phosphoric acid groups is 1. The predicted octanol–water partition coefficient (Wildman–Crippen LogP) is 14.8. The van der Waals surface area contributed by atoms with Crippen LogP contribution in [0.2, 0.25) is 0 Å². The molecule has 0 aromatic rings. The summed E-state index contributed by atoms with van der Waals surface area (Å²) >= 11 is 0. The third-order valence-electron chi connectivity index (χ3n) is 10.9. The Bertz CT molecular complexity index is 1340. The van der Waals surface area contributed by atoms with Crippen molar-refractivity contribution in [2.45, 2.75) is 238 Å². The van der Waals surface area contributed by atoms with Gasteiger partial charge in [0, 0.05) is 19.3 Å². The largest absolute Gasteiger partial charge is 0.472 e. The van der Waals surface area contributed by atoms with Crippen LogP contribution in [0.1, 0.15) is 226 Å². The number of rotatable bonds is 48. The van der Waals surface area contributed by atoms with E-state index in [1.807, 2.05) is 0 Å². The van der Waals surface area contributed by atoms with E-state index in [4.69, 9.17) is 23.3 Å². The first-order valence-electron chi connectivity index (χ1n) is 26.2. The van der Waals surface area contributed by atoms with E-state index in [1.165, 1.54) is 64.2 Å². The van der Waals surface area contributed by atoms with Crippen LogP contribution < -0.4 is 0 Å². The van der Waals surface area contributed by atoms with E-state index in [-0.39, 0.29) is 25.9 Å². The minimum Gasteiger partial charge on any atom is -0.462 e. The van der Waals surface area contributed by atoms with Crippen LogP contribution in [0, 0.1) is 0 Å². The number of unbranched alkanes of at least 4 members (excludes halogenated alkanes) is 21. The van der Waals surface area contributed by atoms with Crippen LogP contribution in [0.25, 0.3) is 0 Å². The lowest BCUT2D eigenvalue weighted by molar-refractivity contribution is -0.161. The highest BCUT2D eigenvalue weighted by molar-refractivity contribution is 7.47. The first-order valence-corrected chi connectivity index (χ1v) is 27.7. The number of allylic oxidation sites excluding steroid dienone is 10. The first-order chi connectivity index (χ1) is 32.2. The lowest BCUT2D eigenvalue weighted by atomic mass is 10.1. The number of aliphatic hydroxyl groups excluding tert-OH is 1. The molecule has 0 saturated carbocycles. The van der Waals surface area contributed by atoms with Crippen molar-refractivity contribution in [2.24, 2.45) is 0 Å². The number of carbonyl (C=O) groups is 3. The average Bonchev–Trinajstić information content (AvgIpc) is 3.30. The minimum absolute atomic E-state index is 0.141. The molecule has 0 aliphatic heterocycles. The van der Waals surface area contributed by atoms with Gasteiger partial charge in [0.2, 0.25) is 0 Å². The lowest BCUT2D eigenvalue weighted by Gasteiger charge is -2.21. The molecule has 0 saturated heterocycles. The molecule has 3 atom stereocenters. The predicted molar refractivity (Wildman–Crippen MR) is 270 cm³/mol. The van der Waals surface area contributed by atoms with Crippen LogP contribution in [-0.2, 0) is 42.2 Å². The molecule has 0 heterocycles. The van der Waals surface area contributed by atoms with Crippen LogP contribution in [0.5, 0.6) is 0 Å². The van der Waals surface area contributed by atoms with Gasteiger partial charge in [0.25, 0.3) is 0 Å². The highest BCUT2D eigenvalue weighted by Crippen LogP contribution is 2.43. The van der Waals surface area contributed by atoms with E-state index < -0.39 is 57.8 Å². The van der Waals surface area contributed by atoms with Crippen LogP contribution in [0.15, 0.2) is 60.8 Å². The Morgan fingerprint density at radius 3 is 1.26 bits per heavy atom. The van der Waals surface area contributed by atoms with Gasteiger partial charge < -0.3 is 24.2 Å². The zero-order chi connectivity index (χ0) is 48.4. The zero-order valence-corrected chi connectivity index (χ0v) is 42.8. The maximum absolute atomic E-state index is 12.8. The summed E-state index contributed by atoms with van der Waals surface area (Å²) in [5.74, 6) is -1.51. The summed E-state index contributed by atoms with van der Waals surface area (Å²) in [7, 11) is -4.75. The summed E-state index contributed by atoms with van der Waals surface area (Å²) in [6.45, 7) is 4.44. The molecule has 0 aliphatic carbocycles. The van der Waals surface area contributed by atoms with E-state index in [0.717, 1.165) is 103 Å². The van der Waals surface area contributed by atoms with Crippen molar-refractivity contribution in [3.05, 3.63) is 60.8 Å². The van der Waals surface area contributed by atoms with Gasteiger partial charge in [-0.05, 0) is 83.5 Å². The summed E-state index contributed by atoms with van der Waals surface area (Å²) in [4.78, 5) is 48.3. The smallest absolute Gasteiger partial charge is 0.462 e. The Hall–Kier alpha value is -2.82. The molecule has 0 fully saturated rings. The maximum Gasteiger partial charge on any atom is 0.472 e. The van der Waals surface area contributed by atoms with Crippen LogP contribution >= 0.6 is 7.82 Å². The van der Waals surface area contributed by atoms with Gasteiger partial charge in [0.15, 0.2) is 6.10 Å². The second-order valence-corrected chi connectivity index (χ2v) is 18.8. The molecule has 0 aromatic carbocycles. The minimum atomic E-state index is -4.75. The highest BCUT2D eigenvalue weighted by Gasteiger charge is 2.28. The van der Waals surface area contributed by atoms with Crippen molar-refractivity contribution >= 4 is 25.7 Å². The number of ether oxygens (including phenoxy) is 3. The summed E-state index contributed by atoms with van der Waals surface area (Å²) in [5.41, 5.74) is 0. The molecule has 11 nitrogen and oxygen atoms in total. The van der Waals surface area contributed by atoms with Gasteiger partial charge in [-0.25, -0.2) is 4.57 Å². The van der Waals surface area contributed by atoms with Gasteiger partial charge in [0.1, 0.15) is 12.7 Å². The fraction of sp³-hybridized carbons (Fsp3) is 0.759. The van der Waals surface area contributed by atoms with E-state index in [9.17, 15) is 28.9 Å². The Morgan fingerprint density at radius 1 is 0.439 bits per heavy atom. The van der Waals surface area contributed by atoms with Gasteiger partial charge >= 0.3 is 25.7 Å². The molecule has 0 spiro atoms. The van der Waals surface area contributed by atoms with Crippen LogP contribution in [0.4, 0.5) is 0 Å². The van der Waals surface area contributed by atoms with Crippen molar-refractivity contribution in [3.8, 4) is 0 Å². The number of esters is 3. The van der Waals surface area contributed by atoms with Gasteiger partial charge in [-0.3, -0.25) is 23.4 Å². The fourth-order valence-corrected chi connectivity index (χ4v) is 7.71. The quantitative estimate of drug-likeness (QED) is 0.0197. The van der Waals surface area contributed by atoms with E-state index >= 15 is 0 Å². The molecule has 0 radical (unpaired) electrons. The summed E-state index contributed by atoms with van der Waals surface area (Å²) in [5, 5.41) is 9.76. The van der Waals surface area contributed by atoms with Crippen molar-refractivity contribution < 1.29 is 52.2 Å². The molecular weight excluding hydrogens is 856 g/mol. The maximum atomic E-state index is 12.8. The molecular formula is C54H95O11P. The summed E-state index contributed by atoms with van der Waals surface area (Å²) in [6, 6.07) is 0. The van der Waals surface area contributed by atoms with E-state index in [0.29, 0.717) is 19.3 Å². The van der Waals surface area contributed by atoms with Gasteiger partial charge in [-0.15, -0.1) is 0 Å². The Labute approximate surface area is 402 Å². The molecule has 66 heavy (non-hydrogen) atoms. The molecule has 2 N–H and O–H groups in total. The monoisotopic (exact) mass is 951 g/mol. The molecule has 0 aromatic heterocycles. The number of hydrogen-bond acceptors (Lipinski definition) is 10. The van der Waals surface area contributed by atoms with E-state index in [2.05, 4.69) is 81.5 Å². The van der Waals surface area contributed by atoms with Crippen molar-refractivity contribution in [1.29, 1.82) is 0 Å². The molecule has 3 unspecified atom stereocenters.